The lowest BCUT2D eigenvalue weighted by Gasteiger charge is -2.18. The number of rotatable bonds is 9. The van der Waals surface area contributed by atoms with Gasteiger partial charge >= 0.3 is 0 Å². The van der Waals surface area contributed by atoms with Crippen LogP contribution in [0.15, 0.2) is 53.5 Å². The van der Waals surface area contributed by atoms with E-state index in [-0.39, 0.29) is 5.91 Å². The van der Waals surface area contributed by atoms with Crippen molar-refractivity contribution in [2.75, 3.05) is 45.2 Å². The van der Waals surface area contributed by atoms with Crippen molar-refractivity contribution in [3.8, 4) is 0 Å². The van der Waals surface area contributed by atoms with Crippen molar-refractivity contribution in [1.29, 1.82) is 0 Å². The van der Waals surface area contributed by atoms with E-state index in [2.05, 4.69) is 32.7 Å². The first-order valence-corrected chi connectivity index (χ1v) is 11.0. The molecule has 2 aromatic rings. The van der Waals surface area contributed by atoms with Crippen LogP contribution in [-0.4, -0.2) is 62.0 Å². The molecule has 7 heteroatoms. The number of pyridine rings is 1. The first-order valence-electron chi connectivity index (χ1n) is 11.0. The standard InChI is InChI=1S/C24H34N6O/c1-4-25-24(27-17-21-11-8-12-22(28-21)29(2)3)26-16-20-15-23(31)30(18-20)14-13-19-9-6-5-7-10-19/h5-12,20H,4,13-18H2,1-3H3,(H2,25,26,27). The molecule has 7 nitrogen and oxygen atoms in total. The summed E-state index contributed by atoms with van der Waals surface area (Å²) in [5.74, 6) is 2.22. The summed E-state index contributed by atoms with van der Waals surface area (Å²) in [5.41, 5.74) is 2.19. The summed E-state index contributed by atoms with van der Waals surface area (Å²) in [7, 11) is 3.96. The molecule has 3 rings (SSSR count). The van der Waals surface area contributed by atoms with Gasteiger partial charge in [0.2, 0.25) is 5.91 Å². The van der Waals surface area contributed by atoms with Crippen LogP contribution in [0.2, 0.25) is 0 Å². The molecule has 0 radical (unpaired) electrons. The van der Waals surface area contributed by atoms with Gasteiger partial charge in [0.25, 0.3) is 0 Å². The molecule has 1 fully saturated rings. The van der Waals surface area contributed by atoms with E-state index >= 15 is 0 Å². The minimum absolute atomic E-state index is 0.245. The second-order valence-electron chi connectivity index (χ2n) is 8.10. The molecular weight excluding hydrogens is 388 g/mol. The molecular formula is C24H34N6O. The van der Waals surface area contributed by atoms with Crippen molar-refractivity contribution in [1.82, 2.24) is 20.5 Å². The first-order chi connectivity index (χ1) is 15.0. The van der Waals surface area contributed by atoms with Gasteiger partial charge in [-0.15, -0.1) is 0 Å². The minimum atomic E-state index is 0.245. The number of nitrogens with zero attached hydrogens (tertiary/aromatic N) is 4. The highest BCUT2D eigenvalue weighted by Crippen LogP contribution is 2.17. The quantitative estimate of drug-likeness (QED) is 0.479. The smallest absolute Gasteiger partial charge is 0.223 e. The molecule has 0 saturated carbocycles. The molecule has 1 aromatic carbocycles. The number of carbonyl (C=O) groups excluding carboxylic acids is 1. The fourth-order valence-electron chi connectivity index (χ4n) is 3.66. The van der Waals surface area contributed by atoms with Crippen molar-refractivity contribution < 1.29 is 4.79 Å². The summed E-state index contributed by atoms with van der Waals surface area (Å²) in [4.78, 5) is 25.7. The average Bonchev–Trinajstić information content (AvgIpc) is 3.14. The third-order valence-electron chi connectivity index (χ3n) is 5.36. The Bertz CT molecular complexity index is 867. The fraction of sp³-hybridized carbons (Fsp3) is 0.458. The summed E-state index contributed by atoms with van der Waals surface area (Å²) >= 11 is 0. The number of carbonyl (C=O) groups is 1. The number of likely N-dealkylation sites (tertiary alicyclic amines) is 1. The third kappa shape index (κ3) is 6.98. The van der Waals surface area contributed by atoms with E-state index in [0.29, 0.717) is 18.9 Å². The molecule has 2 heterocycles. The van der Waals surface area contributed by atoms with Gasteiger partial charge in [0.05, 0.1) is 12.2 Å². The number of hydrogen-bond acceptors (Lipinski definition) is 4. The van der Waals surface area contributed by atoms with E-state index in [0.717, 1.165) is 50.1 Å². The molecule has 31 heavy (non-hydrogen) atoms. The lowest BCUT2D eigenvalue weighted by molar-refractivity contribution is -0.127. The van der Waals surface area contributed by atoms with Crippen molar-refractivity contribution >= 4 is 17.7 Å². The molecule has 1 atom stereocenters. The van der Waals surface area contributed by atoms with E-state index in [1.165, 1.54) is 5.56 Å². The zero-order valence-electron chi connectivity index (χ0n) is 18.8. The molecule has 0 bridgehead atoms. The Morgan fingerprint density at radius 1 is 1.16 bits per heavy atom. The van der Waals surface area contributed by atoms with Crippen LogP contribution in [-0.2, 0) is 17.8 Å². The van der Waals surface area contributed by atoms with Crippen LogP contribution >= 0.6 is 0 Å². The second-order valence-corrected chi connectivity index (χ2v) is 8.10. The average molecular weight is 423 g/mol. The van der Waals surface area contributed by atoms with Crippen molar-refractivity contribution in [3.63, 3.8) is 0 Å². The van der Waals surface area contributed by atoms with Gasteiger partial charge in [-0.05, 0) is 31.0 Å². The van der Waals surface area contributed by atoms with Gasteiger partial charge in [0.15, 0.2) is 5.96 Å². The summed E-state index contributed by atoms with van der Waals surface area (Å²) in [6.07, 6.45) is 1.49. The molecule has 1 aliphatic rings. The number of benzene rings is 1. The maximum Gasteiger partial charge on any atom is 0.223 e. The Morgan fingerprint density at radius 2 is 1.97 bits per heavy atom. The predicted molar refractivity (Wildman–Crippen MR) is 126 cm³/mol. The zero-order valence-corrected chi connectivity index (χ0v) is 18.8. The van der Waals surface area contributed by atoms with E-state index in [4.69, 9.17) is 0 Å². The van der Waals surface area contributed by atoms with Crippen molar-refractivity contribution in [3.05, 3.63) is 59.8 Å². The Morgan fingerprint density at radius 3 is 2.71 bits per heavy atom. The van der Waals surface area contributed by atoms with Gasteiger partial charge in [0, 0.05) is 52.6 Å². The van der Waals surface area contributed by atoms with Crippen LogP contribution in [0.1, 0.15) is 24.6 Å². The zero-order chi connectivity index (χ0) is 22.1. The van der Waals surface area contributed by atoms with Crippen molar-refractivity contribution in [2.45, 2.75) is 26.3 Å². The van der Waals surface area contributed by atoms with E-state index in [1.807, 2.05) is 67.2 Å². The molecule has 1 aromatic heterocycles. The molecule has 1 aliphatic heterocycles. The normalized spacial score (nSPS) is 16.5. The number of amides is 1. The SMILES string of the molecule is CCNC(=NCc1cccc(N(C)C)n1)NCC1CC(=O)N(CCc2ccccc2)C1. The number of aromatic nitrogens is 1. The van der Waals surface area contributed by atoms with Crippen LogP contribution in [0.25, 0.3) is 0 Å². The number of anilines is 1. The highest BCUT2D eigenvalue weighted by molar-refractivity contribution is 5.81. The molecule has 1 unspecified atom stereocenters. The first kappa shape index (κ1) is 22.6. The lowest BCUT2D eigenvalue weighted by Crippen LogP contribution is -2.40. The lowest BCUT2D eigenvalue weighted by atomic mass is 10.1. The predicted octanol–water partition coefficient (Wildman–Crippen LogP) is 2.29. The number of guanidine groups is 1. The molecule has 0 spiro atoms. The van der Waals surface area contributed by atoms with Gasteiger partial charge in [-0.3, -0.25) is 4.79 Å². The third-order valence-corrected chi connectivity index (χ3v) is 5.36. The summed E-state index contributed by atoms with van der Waals surface area (Å²) < 4.78 is 0. The highest BCUT2D eigenvalue weighted by atomic mass is 16.2. The Kier molecular flexibility index (Phi) is 8.27. The fourth-order valence-corrected chi connectivity index (χ4v) is 3.66. The van der Waals surface area contributed by atoms with Gasteiger partial charge in [0.1, 0.15) is 5.82 Å². The Balaban J connectivity index is 1.50. The Hall–Kier alpha value is -3.09. The molecule has 1 saturated heterocycles. The van der Waals surface area contributed by atoms with Gasteiger partial charge in [-0.1, -0.05) is 36.4 Å². The van der Waals surface area contributed by atoms with Crippen LogP contribution < -0.4 is 15.5 Å². The highest BCUT2D eigenvalue weighted by Gasteiger charge is 2.29. The molecule has 0 aliphatic carbocycles. The molecule has 166 valence electrons. The van der Waals surface area contributed by atoms with Crippen LogP contribution in [0.5, 0.6) is 0 Å². The van der Waals surface area contributed by atoms with Gasteiger partial charge in [-0.2, -0.15) is 0 Å². The Labute approximate surface area is 185 Å². The minimum Gasteiger partial charge on any atom is -0.363 e. The summed E-state index contributed by atoms with van der Waals surface area (Å²) in [6, 6.07) is 16.3. The molecule has 2 N–H and O–H groups in total. The van der Waals surface area contributed by atoms with E-state index < -0.39 is 0 Å². The maximum absolute atomic E-state index is 12.4. The summed E-state index contributed by atoms with van der Waals surface area (Å²) in [6.45, 7) is 5.64. The number of nitrogens with one attached hydrogen (secondary N) is 2. The van der Waals surface area contributed by atoms with Crippen LogP contribution in [0.3, 0.4) is 0 Å². The second kappa shape index (κ2) is 11.3. The topological polar surface area (TPSA) is 72.9 Å². The van der Waals surface area contributed by atoms with Gasteiger partial charge in [-0.25, -0.2) is 9.98 Å². The summed E-state index contributed by atoms with van der Waals surface area (Å²) in [5, 5.41) is 6.69. The van der Waals surface area contributed by atoms with Crippen LogP contribution in [0, 0.1) is 5.92 Å². The van der Waals surface area contributed by atoms with Gasteiger partial charge < -0.3 is 20.4 Å². The monoisotopic (exact) mass is 422 g/mol. The van der Waals surface area contributed by atoms with Crippen molar-refractivity contribution in [2.24, 2.45) is 10.9 Å². The van der Waals surface area contributed by atoms with E-state index in [1.54, 1.807) is 0 Å². The number of aliphatic imine (C=N–C) groups is 1. The van der Waals surface area contributed by atoms with Crippen LogP contribution in [0.4, 0.5) is 5.82 Å². The van der Waals surface area contributed by atoms with E-state index in [9.17, 15) is 4.79 Å². The largest absolute Gasteiger partial charge is 0.363 e. The number of hydrogen-bond donors (Lipinski definition) is 2. The molecule has 1 amide bonds. The maximum atomic E-state index is 12.4.